The Balaban J connectivity index is 1.64. The standard InChI is InChI=1S/C20H22N2O3/c23-19(24)18(13-14-7-2-1-3-8-14)22-20(25)21-17-12-6-10-15-9-4-5-11-16(15)17/h1-5,7-9,11,17-18H,6,10,12-13H2,(H,23,24)(H2,21,22,25)/p-1/t17-,18+/m1/s1. The number of hydrogen-bond donors (Lipinski definition) is 2. The lowest BCUT2D eigenvalue weighted by molar-refractivity contribution is -0.308. The van der Waals surface area contributed by atoms with Crippen molar-refractivity contribution < 1.29 is 14.7 Å². The average molecular weight is 337 g/mol. The number of carbonyl (C=O) groups excluding carboxylic acids is 2. The van der Waals surface area contributed by atoms with Crippen LogP contribution >= 0.6 is 0 Å². The van der Waals surface area contributed by atoms with Gasteiger partial charge in [0.2, 0.25) is 0 Å². The van der Waals surface area contributed by atoms with Crippen LogP contribution in [0.5, 0.6) is 0 Å². The van der Waals surface area contributed by atoms with Crippen molar-refractivity contribution in [1.82, 2.24) is 10.6 Å². The highest BCUT2D eigenvalue weighted by atomic mass is 16.4. The molecule has 5 nitrogen and oxygen atoms in total. The normalized spacial score (nSPS) is 17.2. The van der Waals surface area contributed by atoms with Crippen LogP contribution in [-0.4, -0.2) is 18.0 Å². The van der Waals surface area contributed by atoms with E-state index >= 15 is 0 Å². The van der Waals surface area contributed by atoms with E-state index in [0.717, 1.165) is 30.4 Å². The fraction of sp³-hybridized carbons (Fsp3) is 0.300. The minimum atomic E-state index is -1.29. The molecule has 0 aromatic heterocycles. The smallest absolute Gasteiger partial charge is 0.315 e. The number of fused-ring (bicyclic) bond motifs is 1. The van der Waals surface area contributed by atoms with Gasteiger partial charge in [-0.2, -0.15) is 0 Å². The summed E-state index contributed by atoms with van der Waals surface area (Å²) in [6, 6.07) is 15.6. The quantitative estimate of drug-likeness (QED) is 0.872. The van der Waals surface area contributed by atoms with Crippen molar-refractivity contribution in [2.75, 3.05) is 0 Å². The molecule has 0 fully saturated rings. The molecular weight excluding hydrogens is 316 g/mol. The van der Waals surface area contributed by atoms with E-state index in [9.17, 15) is 14.7 Å². The first-order valence-corrected chi connectivity index (χ1v) is 8.53. The SMILES string of the molecule is O=C(N[C@@H](Cc1ccccc1)C(=O)[O-])N[C@@H]1CCCc2ccccc21. The van der Waals surface area contributed by atoms with Gasteiger partial charge in [-0.05, 0) is 42.4 Å². The number of amides is 2. The number of aryl methyl sites for hydroxylation is 1. The van der Waals surface area contributed by atoms with Crippen molar-refractivity contribution in [2.24, 2.45) is 0 Å². The number of nitrogens with one attached hydrogen (secondary N) is 2. The van der Waals surface area contributed by atoms with E-state index in [1.165, 1.54) is 5.56 Å². The zero-order valence-corrected chi connectivity index (χ0v) is 13.9. The van der Waals surface area contributed by atoms with Crippen molar-refractivity contribution in [1.29, 1.82) is 0 Å². The molecule has 0 unspecified atom stereocenters. The highest BCUT2D eigenvalue weighted by Gasteiger charge is 2.22. The molecule has 130 valence electrons. The zero-order chi connectivity index (χ0) is 17.6. The second-order valence-corrected chi connectivity index (χ2v) is 6.32. The third-order valence-corrected chi connectivity index (χ3v) is 4.55. The topological polar surface area (TPSA) is 81.3 Å². The molecule has 0 bridgehead atoms. The summed E-state index contributed by atoms with van der Waals surface area (Å²) in [5.74, 6) is -1.29. The van der Waals surface area contributed by atoms with Gasteiger partial charge in [0.05, 0.1) is 18.1 Å². The molecule has 0 aliphatic heterocycles. The molecule has 2 aromatic carbocycles. The zero-order valence-electron chi connectivity index (χ0n) is 13.9. The number of carbonyl (C=O) groups is 2. The number of rotatable bonds is 5. The maximum absolute atomic E-state index is 12.3. The van der Waals surface area contributed by atoms with Gasteiger partial charge < -0.3 is 20.5 Å². The van der Waals surface area contributed by atoms with Crippen molar-refractivity contribution in [3.8, 4) is 0 Å². The monoisotopic (exact) mass is 337 g/mol. The summed E-state index contributed by atoms with van der Waals surface area (Å²) in [7, 11) is 0. The Bertz CT molecular complexity index is 746. The maximum Gasteiger partial charge on any atom is 0.315 e. The van der Waals surface area contributed by atoms with Gasteiger partial charge in [-0.3, -0.25) is 0 Å². The first-order chi connectivity index (χ1) is 12.1. The third kappa shape index (κ3) is 4.38. The predicted molar refractivity (Wildman–Crippen MR) is 92.7 cm³/mol. The van der Waals surface area contributed by atoms with E-state index in [1.807, 2.05) is 48.5 Å². The summed E-state index contributed by atoms with van der Waals surface area (Å²) in [5, 5.41) is 16.8. The highest BCUT2D eigenvalue weighted by molar-refractivity contribution is 5.82. The number of urea groups is 1. The Labute approximate surface area is 147 Å². The molecule has 1 aliphatic carbocycles. The van der Waals surface area contributed by atoms with Gasteiger partial charge in [0.25, 0.3) is 0 Å². The summed E-state index contributed by atoms with van der Waals surface area (Å²) in [6.45, 7) is 0. The van der Waals surface area contributed by atoms with Crippen LogP contribution < -0.4 is 15.7 Å². The molecular formula is C20H21N2O3-. The molecule has 0 saturated heterocycles. The molecule has 2 amide bonds. The van der Waals surface area contributed by atoms with E-state index < -0.39 is 18.0 Å². The van der Waals surface area contributed by atoms with Crippen molar-refractivity contribution in [3.63, 3.8) is 0 Å². The van der Waals surface area contributed by atoms with Crippen molar-refractivity contribution in [2.45, 2.75) is 37.8 Å². The van der Waals surface area contributed by atoms with E-state index in [4.69, 9.17) is 0 Å². The first-order valence-electron chi connectivity index (χ1n) is 8.53. The third-order valence-electron chi connectivity index (χ3n) is 4.55. The molecule has 3 rings (SSSR count). The van der Waals surface area contributed by atoms with Crippen LogP contribution in [0, 0.1) is 0 Å². The Morgan fingerprint density at radius 2 is 1.80 bits per heavy atom. The highest BCUT2D eigenvalue weighted by Crippen LogP contribution is 2.29. The second kappa shape index (κ2) is 7.83. The molecule has 0 saturated carbocycles. The van der Waals surface area contributed by atoms with E-state index in [2.05, 4.69) is 16.7 Å². The molecule has 5 heteroatoms. The van der Waals surface area contributed by atoms with Crippen LogP contribution in [0.3, 0.4) is 0 Å². The van der Waals surface area contributed by atoms with Gasteiger partial charge in [-0.25, -0.2) is 4.79 Å². The number of benzene rings is 2. The van der Waals surface area contributed by atoms with Gasteiger partial charge in [0.15, 0.2) is 0 Å². The Hall–Kier alpha value is -2.82. The summed E-state index contributed by atoms with van der Waals surface area (Å²) < 4.78 is 0. The Kier molecular flexibility index (Phi) is 5.33. The fourth-order valence-electron chi connectivity index (χ4n) is 3.31. The van der Waals surface area contributed by atoms with Crippen molar-refractivity contribution in [3.05, 3.63) is 71.3 Å². The van der Waals surface area contributed by atoms with E-state index in [-0.39, 0.29) is 12.5 Å². The summed E-state index contributed by atoms with van der Waals surface area (Å²) in [4.78, 5) is 23.7. The van der Waals surface area contributed by atoms with Gasteiger partial charge in [0, 0.05) is 0 Å². The lowest BCUT2D eigenvalue weighted by Gasteiger charge is -2.28. The molecule has 0 radical (unpaired) electrons. The lowest BCUT2D eigenvalue weighted by atomic mass is 9.88. The molecule has 2 N–H and O–H groups in total. The van der Waals surface area contributed by atoms with Gasteiger partial charge in [-0.15, -0.1) is 0 Å². The first kappa shape index (κ1) is 17.0. The fourth-order valence-corrected chi connectivity index (χ4v) is 3.31. The van der Waals surface area contributed by atoms with Crippen LogP contribution in [0.2, 0.25) is 0 Å². The predicted octanol–water partition coefficient (Wildman–Crippen LogP) is 1.72. The minimum absolute atomic E-state index is 0.0934. The molecule has 0 heterocycles. The number of aliphatic carboxylic acids is 1. The van der Waals surface area contributed by atoms with Gasteiger partial charge in [0.1, 0.15) is 0 Å². The Morgan fingerprint density at radius 3 is 2.56 bits per heavy atom. The van der Waals surface area contributed by atoms with Gasteiger partial charge >= 0.3 is 6.03 Å². The number of carboxylic acid groups (broad SMARTS) is 1. The number of carboxylic acids is 1. The van der Waals surface area contributed by atoms with Crippen molar-refractivity contribution >= 4 is 12.0 Å². The maximum atomic E-state index is 12.3. The number of hydrogen-bond acceptors (Lipinski definition) is 3. The van der Waals surface area contributed by atoms with E-state index in [1.54, 1.807) is 0 Å². The van der Waals surface area contributed by atoms with Crippen LogP contribution in [0.4, 0.5) is 4.79 Å². The molecule has 2 aromatic rings. The molecule has 25 heavy (non-hydrogen) atoms. The molecule has 2 atom stereocenters. The molecule has 1 aliphatic rings. The Morgan fingerprint density at radius 1 is 1.08 bits per heavy atom. The van der Waals surface area contributed by atoms with Crippen LogP contribution in [0.25, 0.3) is 0 Å². The summed E-state index contributed by atoms with van der Waals surface area (Å²) in [6.07, 6.45) is 3.04. The summed E-state index contributed by atoms with van der Waals surface area (Å²) >= 11 is 0. The largest absolute Gasteiger partial charge is 0.548 e. The summed E-state index contributed by atoms with van der Waals surface area (Å²) in [5.41, 5.74) is 3.18. The molecule has 0 spiro atoms. The van der Waals surface area contributed by atoms with E-state index in [0.29, 0.717) is 0 Å². The second-order valence-electron chi connectivity index (χ2n) is 6.32. The van der Waals surface area contributed by atoms with Gasteiger partial charge in [-0.1, -0.05) is 54.6 Å². The minimum Gasteiger partial charge on any atom is -0.548 e. The average Bonchev–Trinajstić information content (AvgIpc) is 2.62. The lowest BCUT2D eigenvalue weighted by Crippen LogP contribution is -2.52. The van der Waals surface area contributed by atoms with Crippen LogP contribution in [0.1, 0.15) is 35.6 Å². The van der Waals surface area contributed by atoms with Crippen LogP contribution in [-0.2, 0) is 17.6 Å². The van der Waals surface area contributed by atoms with Crippen LogP contribution in [0.15, 0.2) is 54.6 Å².